The second-order valence-electron chi connectivity index (χ2n) is 4.14. The SMILES string of the molecule is COCc1nc(N)cc(N(C)CC(=O)N(C)C)n1. The van der Waals surface area contributed by atoms with Crippen LogP contribution >= 0.6 is 0 Å². The van der Waals surface area contributed by atoms with E-state index in [0.29, 0.717) is 17.5 Å². The molecule has 1 aromatic rings. The van der Waals surface area contributed by atoms with Gasteiger partial charge >= 0.3 is 0 Å². The second-order valence-corrected chi connectivity index (χ2v) is 4.14. The third-order valence-corrected chi connectivity index (χ3v) is 2.31. The Kier molecular flexibility index (Phi) is 4.85. The van der Waals surface area contributed by atoms with E-state index in [-0.39, 0.29) is 19.1 Å². The molecule has 0 aromatic carbocycles. The number of methoxy groups -OCH3 is 1. The number of aromatic nitrogens is 2. The van der Waals surface area contributed by atoms with E-state index in [0.717, 1.165) is 0 Å². The zero-order valence-corrected chi connectivity index (χ0v) is 11.2. The molecule has 100 valence electrons. The molecule has 0 aliphatic carbocycles. The molecule has 0 unspecified atom stereocenters. The molecule has 0 aliphatic heterocycles. The summed E-state index contributed by atoms with van der Waals surface area (Å²) in [6.45, 7) is 0.517. The van der Waals surface area contributed by atoms with Crippen LogP contribution in [0.25, 0.3) is 0 Å². The summed E-state index contributed by atoms with van der Waals surface area (Å²) in [4.78, 5) is 23.2. The summed E-state index contributed by atoms with van der Waals surface area (Å²) >= 11 is 0. The Balaban J connectivity index is 2.84. The number of hydrogen-bond donors (Lipinski definition) is 1. The van der Waals surface area contributed by atoms with Gasteiger partial charge < -0.3 is 20.3 Å². The Hall–Kier alpha value is -1.89. The van der Waals surface area contributed by atoms with Gasteiger partial charge in [0.25, 0.3) is 0 Å². The van der Waals surface area contributed by atoms with Crippen molar-refractivity contribution in [3.05, 3.63) is 11.9 Å². The van der Waals surface area contributed by atoms with E-state index in [9.17, 15) is 4.79 Å². The van der Waals surface area contributed by atoms with Crippen LogP contribution in [0.5, 0.6) is 0 Å². The minimum absolute atomic E-state index is 0.0111. The third-order valence-electron chi connectivity index (χ3n) is 2.31. The summed E-state index contributed by atoms with van der Waals surface area (Å²) < 4.78 is 4.96. The number of anilines is 2. The number of amides is 1. The molecule has 0 saturated heterocycles. The van der Waals surface area contributed by atoms with Crippen molar-refractivity contribution < 1.29 is 9.53 Å². The van der Waals surface area contributed by atoms with Crippen molar-refractivity contribution in [2.24, 2.45) is 0 Å². The van der Waals surface area contributed by atoms with Gasteiger partial charge in [0.1, 0.15) is 18.2 Å². The normalized spacial score (nSPS) is 10.2. The molecule has 0 fully saturated rings. The maximum atomic E-state index is 11.6. The number of nitrogens with two attached hydrogens (primary N) is 1. The predicted molar refractivity (Wildman–Crippen MR) is 69.1 cm³/mol. The number of nitrogen functional groups attached to an aromatic ring is 1. The Morgan fingerprint density at radius 3 is 2.61 bits per heavy atom. The lowest BCUT2D eigenvalue weighted by molar-refractivity contribution is -0.127. The minimum atomic E-state index is -0.0111. The Labute approximate surface area is 107 Å². The molecule has 18 heavy (non-hydrogen) atoms. The van der Waals surface area contributed by atoms with Crippen LogP contribution < -0.4 is 10.6 Å². The average Bonchev–Trinajstić information content (AvgIpc) is 2.28. The van der Waals surface area contributed by atoms with E-state index in [2.05, 4.69) is 9.97 Å². The Morgan fingerprint density at radius 2 is 2.06 bits per heavy atom. The van der Waals surface area contributed by atoms with Crippen LogP contribution in [0.2, 0.25) is 0 Å². The highest BCUT2D eigenvalue weighted by Gasteiger charge is 2.12. The van der Waals surface area contributed by atoms with Crippen LogP contribution in [0.3, 0.4) is 0 Å². The lowest BCUT2D eigenvalue weighted by atomic mass is 10.4. The summed E-state index contributed by atoms with van der Waals surface area (Å²) in [5.41, 5.74) is 5.69. The predicted octanol–water partition coefficient (Wildman–Crippen LogP) is -0.270. The third kappa shape index (κ3) is 3.85. The first kappa shape index (κ1) is 14.2. The van der Waals surface area contributed by atoms with E-state index in [1.165, 1.54) is 4.90 Å². The molecule has 1 heterocycles. The summed E-state index contributed by atoms with van der Waals surface area (Å²) in [5, 5.41) is 0. The van der Waals surface area contributed by atoms with Gasteiger partial charge in [-0.05, 0) is 0 Å². The fraction of sp³-hybridized carbons (Fsp3) is 0.545. The first-order valence-corrected chi connectivity index (χ1v) is 5.47. The first-order chi connectivity index (χ1) is 8.43. The van der Waals surface area contributed by atoms with Crippen LogP contribution in [0.1, 0.15) is 5.82 Å². The summed E-state index contributed by atoms with van der Waals surface area (Å²) in [6.07, 6.45) is 0. The molecule has 7 nitrogen and oxygen atoms in total. The van der Waals surface area contributed by atoms with Crippen LogP contribution in [-0.4, -0.2) is 55.6 Å². The Morgan fingerprint density at radius 1 is 1.39 bits per heavy atom. The Bertz CT molecular complexity index is 422. The first-order valence-electron chi connectivity index (χ1n) is 5.47. The van der Waals surface area contributed by atoms with E-state index < -0.39 is 0 Å². The quantitative estimate of drug-likeness (QED) is 0.777. The standard InChI is InChI=1S/C11H19N5O2/c1-15(2)11(17)6-16(3)10-5-8(12)13-9(14-10)7-18-4/h5H,6-7H2,1-4H3,(H2,12,13,14). The summed E-state index contributed by atoms with van der Waals surface area (Å²) in [6, 6.07) is 1.63. The molecule has 0 saturated carbocycles. The van der Waals surface area contributed by atoms with Crippen LogP contribution in [0.4, 0.5) is 11.6 Å². The van der Waals surface area contributed by atoms with Crippen molar-refractivity contribution in [3.8, 4) is 0 Å². The molecular weight excluding hydrogens is 234 g/mol. The number of likely N-dealkylation sites (N-methyl/N-ethyl adjacent to an activating group) is 2. The van der Waals surface area contributed by atoms with Crippen molar-refractivity contribution in [3.63, 3.8) is 0 Å². The van der Waals surface area contributed by atoms with Crippen molar-refractivity contribution in [1.29, 1.82) is 0 Å². The van der Waals surface area contributed by atoms with Gasteiger partial charge in [-0.1, -0.05) is 0 Å². The van der Waals surface area contributed by atoms with Gasteiger partial charge in [0.15, 0.2) is 5.82 Å². The van der Waals surface area contributed by atoms with Crippen LogP contribution in [-0.2, 0) is 16.1 Å². The second kappa shape index (κ2) is 6.15. The van der Waals surface area contributed by atoms with E-state index >= 15 is 0 Å². The maximum Gasteiger partial charge on any atom is 0.241 e. The van der Waals surface area contributed by atoms with E-state index in [1.54, 1.807) is 39.2 Å². The van der Waals surface area contributed by atoms with Gasteiger partial charge in [-0.25, -0.2) is 9.97 Å². The molecule has 0 aliphatic rings. The smallest absolute Gasteiger partial charge is 0.241 e. The highest BCUT2D eigenvalue weighted by Crippen LogP contribution is 2.13. The molecule has 0 bridgehead atoms. The van der Waals surface area contributed by atoms with Crippen LogP contribution in [0, 0.1) is 0 Å². The summed E-state index contributed by atoms with van der Waals surface area (Å²) in [5.74, 6) is 1.44. The molecule has 1 aromatic heterocycles. The fourth-order valence-electron chi connectivity index (χ4n) is 1.32. The zero-order valence-electron chi connectivity index (χ0n) is 11.2. The monoisotopic (exact) mass is 253 g/mol. The van der Waals surface area contributed by atoms with Crippen molar-refractivity contribution in [2.45, 2.75) is 6.61 Å². The highest BCUT2D eigenvalue weighted by atomic mass is 16.5. The van der Waals surface area contributed by atoms with Crippen molar-refractivity contribution in [2.75, 3.05) is 45.4 Å². The number of rotatable bonds is 5. The summed E-state index contributed by atoms with van der Waals surface area (Å²) in [7, 11) is 6.76. The molecule has 0 radical (unpaired) electrons. The van der Waals surface area contributed by atoms with Gasteiger partial charge in [0.05, 0.1) is 6.54 Å². The molecular formula is C11H19N5O2. The van der Waals surface area contributed by atoms with Crippen LogP contribution in [0.15, 0.2) is 6.07 Å². The average molecular weight is 253 g/mol. The van der Waals surface area contributed by atoms with Crippen molar-refractivity contribution >= 4 is 17.5 Å². The molecule has 2 N–H and O–H groups in total. The molecule has 7 heteroatoms. The van der Waals surface area contributed by atoms with Gasteiger partial charge in [0, 0.05) is 34.3 Å². The fourth-order valence-corrected chi connectivity index (χ4v) is 1.32. The minimum Gasteiger partial charge on any atom is -0.384 e. The number of hydrogen-bond acceptors (Lipinski definition) is 6. The lowest BCUT2D eigenvalue weighted by Gasteiger charge is -2.20. The number of nitrogens with zero attached hydrogens (tertiary/aromatic N) is 4. The maximum absolute atomic E-state index is 11.6. The highest BCUT2D eigenvalue weighted by molar-refractivity contribution is 5.80. The lowest BCUT2D eigenvalue weighted by Crippen LogP contribution is -2.34. The molecule has 1 rings (SSSR count). The van der Waals surface area contributed by atoms with E-state index in [1.807, 2.05) is 0 Å². The van der Waals surface area contributed by atoms with Gasteiger partial charge in [0.2, 0.25) is 5.91 Å². The van der Waals surface area contributed by atoms with Crippen molar-refractivity contribution in [1.82, 2.24) is 14.9 Å². The van der Waals surface area contributed by atoms with Gasteiger partial charge in [-0.2, -0.15) is 0 Å². The van der Waals surface area contributed by atoms with E-state index in [4.69, 9.17) is 10.5 Å². The van der Waals surface area contributed by atoms with Gasteiger partial charge in [-0.3, -0.25) is 4.79 Å². The molecule has 1 amide bonds. The van der Waals surface area contributed by atoms with Gasteiger partial charge in [-0.15, -0.1) is 0 Å². The zero-order chi connectivity index (χ0) is 13.7. The molecule has 0 atom stereocenters. The number of carbonyl (C=O) groups is 1. The molecule has 0 spiro atoms. The number of carbonyl (C=O) groups excluding carboxylic acids is 1. The largest absolute Gasteiger partial charge is 0.384 e. The topological polar surface area (TPSA) is 84.6 Å². The number of ether oxygens (including phenoxy) is 1.